The first kappa shape index (κ1) is 26.1. The van der Waals surface area contributed by atoms with E-state index in [4.69, 9.17) is 9.84 Å². The minimum atomic E-state index is -0.968. The van der Waals surface area contributed by atoms with Crippen LogP contribution < -0.4 is 20.3 Å². The van der Waals surface area contributed by atoms with Gasteiger partial charge in [-0.3, -0.25) is 19.7 Å². The molecule has 2 aliphatic rings. The molecule has 0 bridgehead atoms. The molecule has 11 heteroatoms. The van der Waals surface area contributed by atoms with Crippen molar-refractivity contribution in [3.63, 3.8) is 0 Å². The summed E-state index contributed by atoms with van der Waals surface area (Å²) in [6, 6.07) is 5.86. The van der Waals surface area contributed by atoms with Crippen molar-refractivity contribution in [2.75, 3.05) is 24.6 Å². The molecule has 0 spiro atoms. The van der Waals surface area contributed by atoms with Crippen LogP contribution in [0.1, 0.15) is 65.8 Å². The summed E-state index contributed by atoms with van der Waals surface area (Å²) in [6.45, 7) is 2.38. The van der Waals surface area contributed by atoms with E-state index in [1.807, 2.05) is 0 Å². The van der Waals surface area contributed by atoms with E-state index in [-0.39, 0.29) is 30.0 Å². The van der Waals surface area contributed by atoms with E-state index in [1.165, 1.54) is 12.4 Å². The van der Waals surface area contributed by atoms with E-state index >= 15 is 0 Å². The smallest absolute Gasteiger partial charge is 0.337 e. The minimum absolute atomic E-state index is 0.177. The van der Waals surface area contributed by atoms with Gasteiger partial charge in [0.2, 0.25) is 11.8 Å². The summed E-state index contributed by atoms with van der Waals surface area (Å²) in [4.78, 5) is 56.9. The summed E-state index contributed by atoms with van der Waals surface area (Å²) in [5.74, 6) is -0.223. The van der Waals surface area contributed by atoms with Crippen LogP contribution in [0.4, 0.5) is 5.82 Å². The maximum Gasteiger partial charge on any atom is 0.337 e. The zero-order chi connectivity index (χ0) is 26.2. The van der Waals surface area contributed by atoms with Gasteiger partial charge in [-0.2, -0.15) is 0 Å². The Morgan fingerprint density at radius 3 is 2.51 bits per heavy atom. The lowest BCUT2D eigenvalue weighted by Gasteiger charge is -2.32. The van der Waals surface area contributed by atoms with Gasteiger partial charge < -0.3 is 20.1 Å². The normalized spacial score (nSPS) is 18.3. The zero-order valence-electron chi connectivity index (χ0n) is 20.5. The molecular weight excluding hydrogens is 478 g/mol. The van der Waals surface area contributed by atoms with E-state index in [0.29, 0.717) is 18.3 Å². The molecule has 2 aliphatic heterocycles. The van der Waals surface area contributed by atoms with Gasteiger partial charge in [-0.1, -0.05) is 6.42 Å². The third-order valence-corrected chi connectivity index (χ3v) is 6.72. The number of nitrogens with zero attached hydrogens (tertiary/aromatic N) is 3. The summed E-state index contributed by atoms with van der Waals surface area (Å²) < 4.78 is 5.76. The lowest BCUT2D eigenvalue weighted by Crippen LogP contribution is -2.52. The van der Waals surface area contributed by atoms with Gasteiger partial charge in [-0.05, 0) is 62.3 Å². The Kier molecular flexibility index (Phi) is 8.65. The van der Waals surface area contributed by atoms with Crippen LogP contribution in [0.2, 0.25) is 0 Å². The van der Waals surface area contributed by atoms with Gasteiger partial charge in [0, 0.05) is 25.7 Å². The standard InChI is InChI=1S/C26H31N5O6/c32-23-9-7-21(25(34)30-23)29-24(33)20-6-5-19(16-27-20)37-14-2-1-3-17-10-12-31(13-11-17)22-8-4-18(15-28-22)26(35)36/h4-6,8,15-17,21H,1-3,7,9-14H2,(H,29,33)(H,35,36)(H,30,32,34). The van der Waals surface area contributed by atoms with Crippen molar-refractivity contribution in [1.82, 2.24) is 20.6 Å². The maximum absolute atomic E-state index is 12.3. The predicted molar refractivity (Wildman–Crippen MR) is 133 cm³/mol. The van der Waals surface area contributed by atoms with Crippen LogP contribution in [0.3, 0.4) is 0 Å². The average molecular weight is 510 g/mol. The van der Waals surface area contributed by atoms with E-state index in [9.17, 15) is 19.2 Å². The number of aromatic carboxylic acids is 1. The van der Waals surface area contributed by atoms with E-state index in [2.05, 4.69) is 25.5 Å². The molecule has 3 amide bonds. The molecule has 2 aromatic rings. The van der Waals surface area contributed by atoms with Crippen LogP contribution in [0.15, 0.2) is 36.7 Å². The topological polar surface area (TPSA) is 151 Å². The quantitative estimate of drug-likeness (QED) is 0.323. The van der Waals surface area contributed by atoms with Crippen molar-refractivity contribution in [2.45, 2.75) is 51.0 Å². The number of hydrogen-bond acceptors (Lipinski definition) is 8. The highest BCUT2D eigenvalue weighted by atomic mass is 16.5. The van der Waals surface area contributed by atoms with Crippen molar-refractivity contribution in [1.29, 1.82) is 0 Å². The number of carbonyl (C=O) groups excluding carboxylic acids is 3. The second-order valence-electron chi connectivity index (χ2n) is 9.34. The summed E-state index contributed by atoms with van der Waals surface area (Å²) in [6.07, 6.45) is 8.61. The van der Waals surface area contributed by atoms with Gasteiger partial charge in [-0.25, -0.2) is 14.8 Å². The fourth-order valence-corrected chi connectivity index (χ4v) is 4.54. The number of aromatic nitrogens is 2. The lowest BCUT2D eigenvalue weighted by molar-refractivity contribution is -0.134. The number of carbonyl (C=O) groups is 4. The van der Waals surface area contributed by atoms with Crippen LogP contribution >= 0.6 is 0 Å². The lowest BCUT2D eigenvalue weighted by atomic mass is 9.91. The van der Waals surface area contributed by atoms with Crippen LogP contribution in [-0.4, -0.2) is 64.5 Å². The van der Waals surface area contributed by atoms with E-state index in [0.717, 1.165) is 51.0 Å². The van der Waals surface area contributed by atoms with Crippen molar-refractivity contribution in [3.05, 3.63) is 47.9 Å². The molecule has 2 aromatic heterocycles. The highest BCUT2D eigenvalue weighted by molar-refractivity contribution is 6.03. The summed E-state index contributed by atoms with van der Waals surface area (Å²) >= 11 is 0. The molecule has 196 valence electrons. The first-order chi connectivity index (χ1) is 17.9. The molecule has 3 N–H and O–H groups in total. The van der Waals surface area contributed by atoms with Gasteiger partial charge in [0.05, 0.1) is 18.4 Å². The number of rotatable bonds is 10. The molecule has 2 saturated heterocycles. The van der Waals surface area contributed by atoms with Gasteiger partial charge in [0.25, 0.3) is 5.91 Å². The molecule has 0 aromatic carbocycles. The van der Waals surface area contributed by atoms with Crippen LogP contribution in [0, 0.1) is 5.92 Å². The number of amides is 3. The number of nitrogens with one attached hydrogen (secondary N) is 2. The van der Waals surface area contributed by atoms with Gasteiger partial charge in [-0.15, -0.1) is 0 Å². The second kappa shape index (κ2) is 12.3. The number of carboxylic acids is 1. The Labute approximate surface area is 214 Å². The third kappa shape index (κ3) is 7.25. The molecule has 2 fully saturated rings. The molecule has 4 heterocycles. The number of pyridine rings is 2. The Balaban J connectivity index is 1.10. The highest BCUT2D eigenvalue weighted by Crippen LogP contribution is 2.25. The SMILES string of the molecule is O=C1CCC(NC(=O)c2ccc(OCCCCC3CCN(c4ccc(C(=O)O)cn4)CC3)cn2)C(=O)N1. The number of unbranched alkanes of at least 4 members (excludes halogenated alkanes) is 1. The molecule has 0 aliphatic carbocycles. The predicted octanol–water partition coefficient (Wildman–Crippen LogP) is 2.18. The van der Waals surface area contributed by atoms with Gasteiger partial charge >= 0.3 is 5.97 Å². The third-order valence-electron chi connectivity index (χ3n) is 6.72. The van der Waals surface area contributed by atoms with Crippen molar-refractivity contribution in [3.8, 4) is 5.75 Å². The fraction of sp³-hybridized carbons (Fsp3) is 0.462. The van der Waals surface area contributed by atoms with Gasteiger partial charge in [0.15, 0.2) is 0 Å². The summed E-state index contributed by atoms with van der Waals surface area (Å²) in [7, 11) is 0. The molecule has 0 saturated carbocycles. The Bertz CT molecular complexity index is 1110. The van der Waals surface area contributed by atoms with Crippen LogP contribution in [-0.2, 0) is 9.59 Å². The number of imide groups is 1. The first-order valence-electron chi connectivity index (χ1n) is 12.6. The maximum atomic E-state index is 12.3. The average Bonchev–Trinajstić information content (AvgIpc) is 2.91. The number of ether oxygens (including phenoxy) is 1. The molecule has 4 rings (SSSR count). The summed E-state index contributed by atoms with van der Waals surface area (Å²) in [5, 5.41) is 13.8. The molecule has 11 nitrogen and oxygen atoms in total. The Hall–Kier alpha value is -4.02. The zero-order valence-corrected chi connectivity index (χ0v) is 20.5. The largest absolute Gasteiger partial charge is 0.492 e. The van der Waals surface area contributed by atoms with Gasteiger partial charge in [0.1, 0.15) is 23.3 Å². The van der Waals surface area contributed by atoms with Crippen molar-refractivity contribution in [2.24, 2.45) is 5.92 Å². The minimum Gasteiger partial charge on any atom is -0.492 e. The second-order valence-corrected chi connectivity index (χ2v) is 9.34. The van der Waals surface area contributed by atoms with Crippen molar-refractivity contribution < 1.29 is 29.0 Å². The number of anilines is 1. The number of piperidine rings is 2. The first-order valence-corrected chi connectivity index (χ1v) is 12.6. The summed E-state index contributed by atoms with van der Waals surface area (Å²) in [5.41, 5.74) is 0.374. The number of carboxylic acid groups (broad SMARTS) is 1. The number of hydrogen-bond donors (Lipinski definition) is 3. The molecule has 1 atom stereocenters. The highest BCUT2D eigenvalue weighted by Gasteiger charge is 2.28. The Morgan fingerprint density at radius 2 is 1.86 bits per heavy atom. The monoisotopic (exact) mass is 509 g/mol. The van der Waals surface area contributed by atoms with Crippen molar-refractivity contribution >= 4 is 29.5 Å². The van der Waals surface area contributed by atoms with E-state index < -0.39 is 23.8 Å². The van der Waals surface area contributed by atoms with Crippen LogP contribution in [0.5, 0.6) is 5.75 Å². The molecule has 37 heavy (non-hydrogen) atoms. The molecular formula is C26H31N5O6. The van der Waals surface area contributed by atoms with E-state index in [1.54, 1.807) is 24.3 Å². The molecule has 0 radical (unpaired) electrons. The Morgan fingerprint density at radius 1 is 1.05 bits per heavy atom. The molecule has 1 unspecified atom stereocenters. The van der Waals surface area contributed by atoms with Crippen LogP contribution in [0.25, 0.3) is 0 Å². The fourth-order valence-electron chi connectivity index (χ4n) is 4.54.